The highest BCUT2D eigenvalue weighted by Crippen LogP contribution is 2.34. The number of carbonyl (C=O) groups is 1. The first-order valence-electron chi connectivity index (χ1n) is 10.1. The van der Waals surface area contributed by atoms with E-state index in [1.54, 1.807) is 31.4 Å². The topological polar surface area (TPSA) is 120 Å². The molecule has 32 heavy (non-hydrogen) atoms. The van der Waals surface area contributed by atoms with E-state index in [4.69, 9.17) is 20.6 Å². The van der Waals surface area contributed by atoms with E-state index < -0.39 is 12.0 Å². The van der Waals surface area contributed by atoms with Crippen molar-refractivity contribution in [3.8, 4) is 5.75 Å². The second-order valence-electron chi connectivity index (χ2n) is 7.39. The maximum absolute atomic E-state index is 12.2. The average Bonchev–Trinajstić information content (AvgIpc) is 2.72. The molecule has 8 heteroatoms. The van der Waals surface area contributed by atoms with E-state index in [0.29, 0.717) is 35.6 Å². The van der Waals surface area contributed by atoms with Gasteiger partial charge in [0.05, 0.1) is 18.6 Å². The molecule has 0 amide bonds. The molecule has 2 rings (SSSR count). The summed E-state index contributed by atoms with van der Waals surface area (Å²) in [6.07, 6.45) is 1.30. The Kier molecular flexibility index (Phi) is 10.7. The Bertz CT molecular complexity index is 945. The number of hydrogen-bond donors (Lipinski definition) is 3. The van der Waals surface area contributed by atoms with Crippen molar-refractivity contribution in [2.75, 3.05) is 25.6 Å². The summed E-state index contributed by atoms with van der Waals surface area (Å²) < 4.78 is 11.1. The Hall–Kier alpha value is -3.03. The number of methoxy groups -OCH3 is 1. The van der Waals surface area contributed by atoms with E-state index in [1.165, 1.54) is 0 Å². The highest BCUT2D eigenvalue weighted by Gasteiger charge is 2.22. The van der Waals surface area contributed by atoms with Crippen LogP contribution in [-0.2, 0) is 22.4 Å². The minimum absolute atomic E-state index is 0. The second-order valence-corrected chi connectivity index (χ2v) is 7.39. The highest BCUT2D eigenvalue weighted by atomic mass is 35.5. The molecule has 0 aromatic heterocycles. The van der Waals surface area contributed by atoms with Gasteiger partial charge < -0.3 is 30.4 Å². The first kappa shape index (κ1) is 27.0. The molecule has 0 bridgehead atoms. The van der Waals surface area contributed by atoms with Gasteiger partial charge in [-0.05, 0) is 61.2 Å². The summed E-state index contributed by atoms with van der Waals surface area (Å²) in [7, 11) is 1.58. The van der Waals surface area contributed by atoms with Crippen molar-refractivity contribution < 1.29 is 19.4 Å². The van der Waals surface area contributed by atoms with E-state index in [2.05, 4.69) is 11.9 Å². The zero-order valence-corrected chi connectivity index (χ0v) is 19.5. The minimum Gasteiger partial charge on any atom is -0.548 e. The Morgan fingerprint density at radius 3 is 2.41 bits per heavy atom. The number of hydrogen-bond acceptors (Lipinski definition) is 6. The van der Waals surface area contributed by atoms with Crippen molar-refractivity contribution in [1.82, 2.24) is 0 Å². The van der Waals surface area contributed by atoms with Crippen LogP contribution in [0.25, 0.3) is 0 Å². The number of amidine groups is 1. The third-order valence-corrected chi connectivity index (χ3v) is 4.74. The van der Waals surface area contributed by atoms with Crippen LogP contribution in [0.4, 0.5) is 5.69 Å². The molecule has 0 aliphatic heterocycles. The molecule has 7 nitrogen and oxygen atoms in total. The first-order valence-corrected chi connectivity index (χ1v) is 10.1. The van der Waals surface area contributed by atoms with E-state index >= 15 is 0 Å². The summed E-state index contributed by atoms with van der Waals surface area (Å²) >= 11 is 0. The normalized spacial score (nSPS) is 11.2. The second kappa shape index (κ2) is 12.7. The number of nitrogen functional groups attached to an aromatic ring is 1. The van der Waals surface area contributed by atoms with Crippen LogP contribution < -0.4 is 20.9 Å². The van der Waals surface area contributed by atoms with Gasteiger partial charge in [0.1, 0.15) is 18.2 Å². The van der Waals surface area contributed by atoms with Crippen LogP contribution >= 0.6 is 12.4 Å². The van der Waals surface area contributed by atoms with Gasteiger partial charge in [-0.25, -0.2) is 0 Å². The lowest BCUT2D eigenvalue weighted by Gasteiger charge is -2.26. The van der Waals surface area contributed by atoms with E-state index in [-0.39, 0.29) is 24.8 Å². The number of rotatable bonds is 12. The maximum atomic E-state index is 12.2. The first-order chi connectivity index (χ1) is 14.8. The summed E-state index contributed by atoms with van der Waals surface area (Å²) in [5.41, 5.74) is 9.90. The molecule has 0 radical (unpaired) electrons. The molecule has 0 spiro atoms. The highest BCUT2D eigenvalue weighted by molar-refractivity contribution is 5.95. The fourth-order valence-corrected chi connectivity index (χ4v) is 3.24. The van der Waals surface area contributed by atoms with Crippen LogP contribution in [0.5, 0.6) is 5.75 Å². The Morgan fingerprint density at radius 2 is 1.91 bits per heavy atom. The van der Waals surface area contributed by atoms with Crippen molar-refractivity contribution in [2.45, 2.75) is 32.7 Å². The van der Waals surface area contributed by atoms with Crippen LogP contribution in [0.2, 0.25) is 0 Å². The number of allylic oxidation sites excluding steroid dienone is 1. The summed E-state index contributed by atoms with van der Waals surface area (Å²) in [6.45, 7) is 8.58. The molecule has 0 aliphatic rings. The molecule has 0 fully saturated rings. The summed E-state index contributed by atoms with van der Waals surface area (Å²) in [4.78, 5) is 12.2. The van der Waals surface area contributed by atoms with Crippen molar-refractivity contribution in [1.29, 1.82) is 5.41 Å². The standard InChI is InChI=1S/C24H31N3O4.ClH/c1-5-16-13-18(12-15(2)3)22(31-11-10-30-4)20(14-16)21(24(28)29)27-19-8-6-17(7-9-19)23(25)26;/h6-9,13-14,21,27H,2,5,10-12H2,1,3-4H3,(H3,25,26)(H,28,29);1H/p-1. The number of carboxylic acids is 1. The van der Waals surface area contributed by atoms with Gasteiger partial charge in [0.25, 0.3) is 0 Å². The number of nitrogens with two attached hydrogens (primary N) is 1. The van der Waals surface area contributed by atoms with Gasteiger partial charge in [-0.1, -0.05) is 25.1 Å². The smallest absolute Gasteiger partial charge is 0.128 e. The molecule has 174 valence electrons. The molecule has 1 unspecified atom stereocenters. The van der Waals surface area contributed by atoms with E-state index in [0.717, 1.165) is 23.1 Å². The average molecular weight is 461 g/mol. The van der Waals surface area contributed by atoms with Gasteiger partial charge in [-0.15, -0.1) is 12.4 Å². The fourth-order valence-electron chi connectivity index (χ4n) is 3.24. The van der Waals surface area contributed by atoms with Crippen molar-refractivity contribution in [2.24, 2.45) is 5.73 Å². The number of aryl methyl sites for hydroxylation is 1. The Balaban J connectivity index is 0.00000512. The number of nitrogens with one attached hydrogen (secondary N) is 2. The zero-order chi connectivity index (χ0) is 23.0. The van der Waals surface area contributed by atoms with Crippen molar-refractivity contribution in [3.05, 3.63) is 70.8 Å². The Morgan fingerprint density at radius 1 is 1.25 bits per heavy atom. The van der Waals surface area contributed by atoms with Gasteiger partial charge in [-0.2, -0.15) is 0 Å². The largest absolute Gasteiger partial charge is 0.548 e. The predicted molar refractivity (Wildman–Crippen MR) is 128 cm³/mol. The van der Waals surface area contributed by atoms with Gasteiger partial charge in [-0.3, -0.25) is 5.41 Å². The molecule has 0 aliphatic carbocycles. The molecular weight excluding hydrogens is 430 g/mol. The Labute approximate surface area is 195 Å². The number of halogens is 1. The van der Waals surface area contributed by atoms with Gasteiger partial charge in [0, 0.05) is 23.9 Å². The lowest BCUT2D eigenvalue weighted by atomic mass is 9.94. The monoisotopic (exact) mass is 460 g/mol. The molecule has 0 saturated heterocycles. The quantitative estimate of drug-likeness (QED) is 0.194. The van der Waals surface area contributed by atoms with Crippen LogP contribution in [0.3, 0.4) is 0 Å². The van der Waals surface area contributed by atoms with Crippen molar-refractivity contribution in [3.63, 3.8) is 0 Å². The molecule has 0 saturated carbocycles. The molecule has 1 atom stereocenters. The summed E-state index contributed by atoms with van der Waals surface area (Å²) in [5, 5.41) is 22.7. The lowest BCUT2D eigenvalue weighted by Crippen LogP contribution is -2.35. The lowest BCUT2D eigenvalue weighted by molar-refractivity contribution is -0.307. The van der Waals surface area contributed by atoms with Gasteiger partial charge >= 0.3 is 0 Å². The maximum Gasteiger partial charge on any atom is 0.128 e. The van der Waals surface area contributed by atoms with Crippen LogP contribution in [0, 0.1) is 5.41 Å². The molecule has 4 N–H and O–H groups in total. The van der Waals surface area contributed by atoms with Crippen LogP contribution in [0.15, 0.2) is 48.6 Å². The number of aliphatic carboxylic acids is 1. The summed E-state index contributed by atoms with van der Waals surface area (Å²) in [6, 6.07) is 9.38. The number of carbonyl (C=O) groups excluding carboxylic acids is 1. The van der Waals surface area contributed by atoms with Crippen molar-refractivity contribution >= 4 is 29.9 Å². The van der Waals surface area contributed by atoms with Crippen LogP contribution in [-0.4, -0.2) is 32.1 Å². The summed E-state index contributed by atoms with van der Waals surface area (Å²) in [5.74, 6) is -0.835. The molecule has 0 heterocycles. The molecule has 2 aromatic rings. The number of carboxylic acid groups (broad SMARTS) is 1. The number of ether oxygens (including phenoxy) is 2. The molecular formula is C24H31ClN3O4-. The van der Waals surface area contributed by atoms with Crippen LogP contribution in [0.1, 0.15) is 42.1 Å². The zero-order valence-electron chi connectivity index (χ0n) is 18.7. The third kappa shape index (κ3) is 7.28. The van der Waals surface area contributed by atoms with Gasteiger partial charge in [0.2, 0.25) is 0 Å². The SMILES string of the molecule is C=C(C)Cc1cc(CC)cc(C(Nc2ccc(C(=N)N)cc2)C(=O)[O-])c1OCCOC.Cl. The molecule has 2 aromatic carbocycles. The van der Waals surface area contributed by atoms with Gasteiger partial charge in [0.15, 0.2) is 0 Å². The third-order valence-electron chi connectivity index (χ3n) is 4.74. The fraction of sp³-hybridized carbons (Fsp3) is 0.333. The van der Waals surface area contributed by atoms with E-state index in [1.807, 2.05) is 26.0 Å². The minimum atomic E-state index is -1.28. The number of anilines is 1. The van der Waals surface area contributed by atoms with E-state index in [9.17, 15) is 9.90 Å². The predicted octanol–water partition coefficient (Wildman–Crippen LogP) is 3.00. The number of benzene rings is 2.